The molecule has 0 aliphatic heterocycles. The molecule has 0 aromatic heterocycles. The van der Waals surface area contributed by atoms with Crippen LogP contribution in [0.15, 0.2) is 90.5 Å². The Morgan fingerprint density at radius 1 is 0.812 bits per heavy atom. The average molecular weight is 560 g/mol. The van der Waals surface area contributed by atoms with Crippen LogP contribution in [0.3, 0.4) is 0 Å². The fourth-order valence-corrected chi connectivity index (χ4v) is 30.0. The predicted octanol–water partition coefficient (Wildman–Crippen LogP) is 0.0156. The first-order valence-corrected chi connectivity index (χ1v) is 19.8. The maximum Gasteiger partial charge on any atom is -1.00 e. The van der Waals surface area contributed by atoms with E-state index in [-0.39, 0.29) is 24.8 Å². The first kappa shape index (κ1) is 27.3. The maximum atomic E-state index is 2.67. The minimum absolute atomic E-state index is 0. The Kier molecular flexibility index (Phi) is 10.7. The summed E-state index contributed by atoms with van der Waals surface area (Å²) >= 11 is -2.08. The first-order valence-electron chi connectivity index (χ1n) is 11.4. The molecule has 0 amide bonds. The molecule has 0 N–H and O–H groups in total. The van der Waals surface area contributed by atoms with Crippen molar-refractivity contribution in [2.75, 3.05) is 0 Å². The van der Waals surface area contributed by atoms with Crippen molar-refractivity contribution in [3.63, 3.8) is 0 Å². The number of rotatable bonds is 7. The van der Waals surface area contributed by atoms with Crippen LogP contribution >= 0.6 is 0 Å². The summed E-state index contributed by atoms with van der Waals surface area (Å²) in [6.07, 6.45) is 14.7. The van der Waals surface area contributed by atoms with Gasteiger partial charge in [0.2, 0.25) is 0 Å². The molecule has 0 radical (unpaired) electrons. The molecule has 0 nitrogen and oxygen atoms in total. The molecule has 4 heteroatoms. The molecule has 0 heterocycles. The van der Waals surface area contributed by atoms with Gasteiger partial charge in [0.1, 0.15) is 0 Å². The molecule has 2 aromatic rings. The summed E-state index contributed by atoms with van der Waals surface area (Å²) in [4.78, 5) is 0. The third kappa shape index (κ3) is 5.58. The molecule has 0 saturated carbocycles. The van der Waals surface area contributed by atoms with Crippen LogP contribution in [-0.2, 0) is 20.9 Å². The second kappa shape index (κ2) is 12.5. The fourth-order valence-electron chi connectivity index (χ4n) is 5.11. The van der Waals surface area contributed by atoms with E-state index in [1.807, 2.05) is 6.56 Å². The van der Waals surface area contributed by atoms with E-state index in [9.17, 15) is 0 Å². The number of hydrogen-bond donors (Lipinski definition) is 0. The summed E-state index contributed by atoms with van der Waals surface area (Å²) in [5, 5.41) is 3.38. The van der Waals surface area contributed by atoms with Gasteiger partial charge in [0.05, 0.1) is 0 Å². The van der Waals surface area contributed by atoms with Crippen LogP contribution in [0.25, 0.3) is 0 Å². The second-order valence-corrected chi connectivity index (χ2v) is 23.5. The molecule has 2 aliphatic carbocycles. The Labute approximate surface area is 215 Å². The van der Waals surface area contributed by atoms with E-state index < -0.39 is 26.8 Å². The monoisotopic (exact) mass is 557 g/mol. The van der Waals surface area contributed by atoms with E-state index in [0.29, 0.717) is 0 Å². The van der Waals surface area contributed by atoms with Gasteiger partial charge in [-0.1, -0.05) is 0 Å². The van der Waals surface area contributed by atoms with Gasteiger partial charge in [-0.05, 0) is 0 Å². The average Bonchev–Trinajstić information content (AvgIpc) is 3.43. The molecule has 0 atom stereocenters. The van der Waals surface area contributed by atoms with Crippen molar-refractivity contribution in [3.8, 4) is 0 Å². The zero-order valence-corrected chi connectivity index (χ0v) is 24.7. The van der Waals surface area contributed by atoms with Gasteiger partial charge >= 0.3 is 192 Å². The Hall–Kier alpha value is -0.920. The Morgan fingerprint density at radius 3 is 1.84 bits per heavy atom. The molecule has 0 bridgehead atoms. The molecule has 167 valence electrons. The third-order valence-electron chi connectivity index (χ3n) is 6.76. The summed E-state index contributed by atoms with van der Waals surface area (Å²) in [6, 6.07) is 18.6. The molecule has 2 aromatic carbocycles. The van der Waals surface area contributed by atoms with E-state index in [0.717, 1.165) is 0 Å². The molecule has 32 heavy (non-hydrogen) atoms. The first-order chi connectivity index (χ1) is 14.6. The fraction of sp³-hybridized carbons (Fsp3) is 0.286. The van der Waals surface area contributed by atoms with Crippen molar-refractivity contribution >= 4 is 16.3 Å². The molecule has 4 rings (SSSR count). The normalized spacial score (nSPS) is 14.8. The quantitative estimate of drug-likeness (QED) is 0.420. The largest absolute Gasteiger partial charge is 1.00 e. The number of benzene rings is 2. The van der Waals surface area contributed by atoms with Crippen molar-refractivity contribution in [2.24, 2.45) is 0 Å². The Bertz CT molecular complexity index is 1020. The minimum Gasteiger partial charge on any atom is -1.00 e. The van der Waals surface area contributed by atoms with Crippen LogP contribution in [0.2, 0.25) is 0 Å². The summed E-state index contributed by atoms with van der Waals surface area (Å²) in [7, 11) is 0. The second-order valence-electron chi connectivity index (χ2n) is 8.57. The van der Waals surface area contributed by atoms with Gasteiger partial charge in [-0.25, -0.2) is 0 Å². The summed E-state index contributed by atoms with van der Waals surface area (Å²) in [5.41, 5.74) is 6.35. The van der Waals surface area contributed by atoms with Gasteiger partial charge in [-0.2, -0.15) is 0 Å². The van der Waals surface area contributed by atoms with Crippen LogP contribution in [0.4, 0.5) is 0 Å². The zero-order valence-electron chi connectivity index (χ0n) is 19.6. The topological polar surface area (TPSA) is 0 Å². The predicted molar refractivity (Wildman–Crippen MR) is 131 cm³/mol. The van der Waals surface area contributed by atoms with E-state index in [1.54, 1.807) is 21.5 Å². The van der Waals surface area contributed by atoms with E-state index in [1.165, 1.54) is 36.8 Å². The number of halogens is 2. The number of allylic oxidation sites excluding steroid dienone is 8. The summed E-state index contributed by atoms with van der Waals surface area (Å²) < 4.78 is 3.68. The third-order valence-corrected chi connectivity index (χ3v) is 28.2. The van der Waals surface area contributed by atoms with Crippen LogP contribution in [-0.4, -0.2) is 5.92 Å². The molecular formula is C28H33Cl2SiZr. The van der Waals surface area contributed by atoms with Gasteiger partial charge in [0.25, 0.3) is 0 Å². The van der Waals surface area contributed by atoms with Gasteiger partial charge in [0, 0.05) is 0 Å². The van der Waals surface area contributed by atoms with Crippen molar-refractivity contribution in [1.29, 1.82) is 0 Å². The minimum atomic E-state index is -2.08. The van der Waals surface area contributed by atoms with Crippen molar-refractivity contribution in [2.45, 2.75) is 53.4 Å². The van der Waals surface area contributed by atoms with E-state index in [2.05, 4.69) is 101 Å². The molecule has 0 unspecified atom stereocenters. The van der Waals surface area contributed by atoms with Crippen LogP contribution in [0.5, 0.6) is 0 Å². The number of hydrogen-bond acceptors (Lipinski definition) is 0. The van der Waals surface area contributed by atoms with Crippen LogP contribution in [0.1, 0.15) is 50.7 Å². The Balaban J connectivity index is 0.00000181. The summed E-state index contributed by atoms with van der Waals surface area (Å²) in [6.45, 7) is 9.36. The van der Waals surface area contributed by atoms with Crippen molar-refractivity contribution < 1.29 is 45.7 Å². The molecule has 0 saturated heterocycles. The van der Waals surface area contributed by atoms with Crippen LogP contribution < -0.4 is 35.2 Å². The SMILES string of the molecule is CCC1=C(CC)C[C]([Zr+2]([C]2=CC=CC2)[SiH](c2ccccc2C)c2ccccc2C)=C1.[Cl-].[Cl-]. The molecule has 0 fully saturated rings. The van der Waals surface area contributed by atoms with Crippen LogP contribution in [0, 0.1) is 13.8 Å². The van der Waals surface area contributed by atoms with Crippen molar-refractivity contribution in [1.82, 2.24) is 0 Å². The number of aryl methyl sites for hydroxylation is 2. The Morgan fingerprint density at radius 2 is 1.41 bits per heavy atom. The molecular weight excluding hydrogens is 527 g/mol. The summed E-state index contributed by atoms with van der Waals surface area (Å²) in [5.74, 6) is -1.33. The van der Waals surface area contributed by atoms with E-state index >= 15 is 0 Å². The molecule has 2 aliphatic rings. The van der Waals surface area contributed by atoms with Gasteiger partial charge < -0.3 is 24.8 Å². The zero-order chi connectivity index (χ0) is 21.1. The van der Waals surface area contributed by atoms with Gasteiger partial charge in [-0.3, -0.25) is 0 Å². The van der Waals surface area contributed by atoms with E-state index in [4.69, 9.17) is 0 Å². The standard InChI is InChI=1S/C14H15Si.C9H13.C5H5.2ClH.Zr/c1-11-7-3-5-9-13(11)15-14-10-6-4-8-12(14)2;1-3-8-6-5-7-9(8)4-2;1-2-4-5-3-1;;;/h3-10,15H,1-2H3;6H,3-4,7H2,1-2H3;1-3H,4H2;2*1H;/q;;;;;+2/p-2. The van der Waals surface area contributed by atoms with Crippen molar-refractivity contribution in [3.05, 3.63) is 102 Å². The molecule has 0 spiro atoms. The smallest absolute Gasteiger partial charge is 1.00 e. The van der Waals surface area contributed by atoms with Gasteiger partial charge in [-0.15, -0.1) is 0 Å². The maximum absolute atomic E-state index is 2.67. The van der Waals surface area contributed by atoms with Gasteiger partial charge in [0.15, 0.2) is 0 Å².